The Morgan fingerprint density at radius 3 is 2.37 bits per heavy atom. The minimum absolute atomic E-state index is 0.0541. The number of amides is 3. The average Bonchev–Trinajstić information content (AvgIpc) is 3.16. The maximum atomic E-state index is 12.8. The highest BCUT2D eigenvalue weighted by Crippen LogP contribution is 2.21. The lowest BCUT2D eigenvalue weighted by Crippen LogP contribution is -2.49. The number of anilines is 1. The highest BCUT2D eigenvalue weighted by molar-refractivity contribution is 5.98. The zero-order valence-electron chi connectivity index (χ0n) is 17.8. The summed E-state index contributed by atoms with van der Waals surface area (Å²) < 4.78 is 0. The van der Waals surface area contributed by atoms with E-state index in [1.54, 1.807) is 11.0 Å². The van der Waals surface area contributed by atoms with E-state index in [0.717, 1.165) is 29.8 Å². The van der Waals surface area contributed by atoms with Gasteiger partial charge in [-0.2, -0.15) is 0 Å². The molecule has 1 saturated heterocycles. The Hall–Kier alpha value is -3.15. The maximum absolute atomic E-state index is 12.8. The summed E-state index contributed by atoms with van der Waals surface area (Å²) in [6.45, 7) is 6.80. The molecule has 158 valence electrons. The van der Waals surface area contributed by atoms with E-state index in [0.29, 0.717) is 18.5 Å². The largest absolute Gasteiger partial charge is 0.350 e. The van der Waals surface area contributed by atoms with Gasteiger partial charge >= 0.3 is 0 Å². The standard InChI is InChI=1S/C24H29N3O3/c1-16(2)22(26-23(29)20-8-5-4-7-17(20)3)24(30)25-15-18-10-12-19(13-11-18)27-14-6-9-21(27)28/h4-5,7-8,10-13,16,22H,6,9,14-15H2,1-3H3,(H,25,30)(H,26,29)/t22-/m0/s1. The van der Waals surface area contributed by atoms with Gasteiger partial charge in [0.25, 0.3) is 5.91 Å². The number of nitrogens with zero attached hydrogens (tertiary/aromatic N) is 1. The summed E-state index contributed by atoms with van der Waals surface area (Å²) in [5, 5.41) is 5.78. The highest BCUT2D eigenvalue weighted by atomic mass is 16.2. The molecule has 0 spiro atoms. The summed E-state index contributed by atoms with van der Waals surface area (Å²) in [7, 11) is 0. The number of hydrogen-bond donors (Lipinski definition) is 2. The Morgan fingerprint density at radius 2 is 1.77 bits per heavy atom. The summed E-state index contributed by atoms with van der Waals surface area (Å²) in [5.74, 6) is -0.367. The van der Waals surface area contributed by atoms with Crippen LogP contribution in [0, 0.1) is 12.8 Å². The molecule has 0 bridgehead atoms. The van der Waals surface area contributed by atoms with Gasteiger partial charge in [0.15, 0.2) is 0 Å². The molecule has 3 rings (SSSR count). The molecule has 0 saturated carbocycles. The smallest absolute Gasteiger partial charge is 0.252 e. The SMILES string of the molecule is Cc1ccccc1C(=O)N[C@H](C(=O)NCc1ccc(N2CCCC2=O)cc1)C(C)C. The number of aryl methyl sites for hydroxylation is 1. The number of carbonyl (C=O) groups is 3. The molecule has 0 aliphatic carbocycles. The van der Waals surface area contributed by atoms with Crippen LogP contribution in [0.4, 0.5) is 5.69 Å². The lowest BCUT2D eigenvalue weighted by Gasteiger charge is -2.22. The molecule has 2 aromatic carbocycles. The van der Waals surface area contributed by atoms with E-state index < -0.39 is 6.04 Å². The zero-order valence-corrected chi connectivity index (χ0v) is 17.8. The van der Waals surface area contributed by atoms with E-state index in [4.69, 9.17) is 0 Å². The van der Waals surface area contributed by atoms with Crippen LogP contribution in [0.5, 0.6) is 0 Å². The molecule has 1 atom stereocenters. The monoisotopic (exact) mass is 407 g/mol. The molecule has 1 aliphatic rings. The van der Waals surface area contributed by atoms with Gasteiger partial charge in [-0.3, -0.25) is 14.4 Å². The maximum Gasteiger partial charge on any atom is 0.252 e. The van der Waals surface area contributed by atoms with Crippen molar-refractivity contribution in [3.63, 3.8) is 0 Å². The zero-order chi connectivity index (χ0) is 21.7. The third-order valence-corrected chi connectivity index (χ3v) is 5.41. The van der Waals surface area contributed by atoms with Crippen LogP contribution in [0.2, 0.25) is 0 Å². The van der Waals surface area contributed by atoms with Gasteiger partial charge in [-0.15, -0.1) is 0 Å². The number of nitrogens with one attached hydrogen (secondary N) is 2. The van der Waals surface area contributed by atoms with E-state index in [2.05, 4.69) is 10.6 Å². The molecule has 2 N–H and O–H groups in total. The summed E-state index contributed by atoms with van der Waals surface area (Å²) >= 11 is 0. The van der Waals surface area contributed by atoms with Crippen molar-refractivity contribution in [1.82, 2.24) is 10.6 Å². The molecule has 1 fully saturated rings. The highest BCUT2D eigenvalue weighted by Gasteiger charge is 2.25. The summed E-state index contributed by atoms with van der Waals surface area (Å²) in [5.41, 5.74) is 3.27. The van der Waals surface area contributed by atoms with E-state index in [1.165, 1.54) is 0 Å². The van der Waals surface area contributed by atoms with Crippen LogP contribution < -0.4 is 15.5 Å². The molecule has 3 amide bonds. The molecule has 6 nitrogen and oxygen atoms in total. The van der Waals surface area contributed by atoms with Gasteiger partial charge in [-0.05, 0) is 48.6 Å². The van der Waals surface area contributed by atoms with Crippen molar-refractivity contribution >= 4 is 23.4 Å². The molecule has 6 heteroatoms. The minimum Gasteiger partial charge on any atom is -0.350 e. The minimum atomic E-state index is -0.626. The number of rotatable bonds is 7. The number of hydrogen-bond acceptors (Lipinski definition) is 3. The quantitative estimate of drug-likeness (QED) is 0.740. The van der Waals surface area contributed by atoms with E-state index >= 15 is 0 Å². The average molecular weight is 408 g/mol. The summed E-state index contributed by atoms with van der Waals surface area (Å²) in [6, 6.07) is 14.3. The molecule has 0 radical (unpaired) electrons. The van der Waals surface area contributed by atoms with Crippen molar-refractivity contribution in [2.75, 3.05) is 11.4 Å². The van der Waals surface area contributed by atoms with Gasteiger partial charge < -0.3 is 15.5 Å². The first-order valence-electron chi connectivity index (χ1n) is 10.4. The lowest BCUT2D eigenvalue weighted by molar-refractivity contribution is -0.124. The number of carbonyl (C=O) groups excluding carboxylic acids is 3. The second kappa shape index (κ2) is 9.57. The molecule has 30 heavy (non-hydrogen) atoms. The second-order valence-corrected chi connectivity index (χ2v) is 8.04. The molecular formula is C24H29N3O3. The van der Waals surface area contributed by atoms with Crippen LogP contribution in [0.1, 0.15) is 48.2 Å². The Kier molecular flexibility index (Phi) is 6.87. The normalized spacial score (nSPS) is 14.7. The fourth-order valence-corrected chi connectivity index (χ4v) is 3.60. The van der Waals surface area contributed by atoms with Crippen LogP contribution in [-0.4, -0.2) is 30.3 Å². The Bertz CT molecular complexity index is 922. The third-order valence-electron chi connectivity index (χ3n) is 5.41. The molecule has 1 heterocycles. The van der Waals surface area contributed by atoms with Crippen LogP contribution in [0.15, 0.2) is 48.5 Å². The van der Waals surface area contributed by atoms with E-state index in [1.807, 2.05) is 63.2 Å². The number of benzene rings is 2. The van der Waals surface area contributed by atoms with Crippen LogP contribution in [-0.2, 0) is 16.1 Å². The molecule has 2 aromatic rings. The van der Waals surface area contributed by atoms with Crippen LogP contribution in [0.3, 0.4) is 0 Å². The molecule has 1 aliphatic heterocycles. The van der Waals surface area contributed by atoms with Gasteiger partial charge in [0.1, 0.15) is 6.04 Å². The van der Waals surface area contributed by atoms with Crippen molar-refractivity contribution in [2.24, 2.45) is 5.92 Å². The van der Waals surface area contributed by atoms with Crippen molar-refractivity contribution in [1.29, 1.82) is 0 Å². The van der Waals surface area contributed by atoms with Crippen molar-refractivity contribution in [3.8, 4) is 0 Å². The summed E-state index contributed by atoms with van der Waals surface area (Å²) in [6.07, 6.45) is 1.49. The summed E-state index contributed by atoms with van der Waals surface area (Å²) in [4.78, 5) is 39.0. The third kappa shape index (κ3) is 5.06. The lowest BCUT2D eigenvalue weighted by atomic mass is 10.0. The Balaban J connectivity index is 1.59. The second-order valence-electron chi connectivity index (χ2n) is 8.04. The molecule has 0 unspecified atom stereocenters. The first-order chi connectivity index (χ1) is 14.4. The fourth-order valence-electron chi connectivity index (χ4n) is 3.60. The fraction of sp³-hybridized carbons (Fsp3) is 0.375. The Labute approximate surface area is 177 Å². The van der Waals surface area contributed by atoms with Crippen LogP contribution >= 0.6 is 0 Å². The van der Waals surface area contributed by atoms with Crippen molar-refractivity contribution < 1.29 is 14.4 Å². The van der Waals surface area contributed by atoms with Gasteiger partial charge in [0, 0.05) is 30.8 Å². The predicted octanol–water partition coefficient (Wildman–Crippen LogP) is 3.19. The van der Waals surface area contributed by atoms with E-state index in [-0.39, 0.29) is 23.6 Å². The van der Waals surface area contributed by atoms with Gasteiger partial charge in [-0.1, -0.05) is 44.2 Å². The van der Waals surface area contributed by atoms with Gasteiger partial charge in [-0.25, -0.2) is 0 Å². The van der Waals surface area contributed by atoms with Gasteiger partial charge in [0.2, 0.25) is 11.8 Å². The molecular weight excluding hydrogens is 378 g/mol. The topological polar surface area (TPSA) is 78.5 Å². The molecule has 0 aromatic heterocycles. The Morgan fingerprint density at radius 1 is 1.07 bits per heavy atom. The predicted molar refractivity (Wildman–Crippen MR) is 117 cm³/mol. The van der Waals surface area contributed by atoms with Gasteiger partial charge in [0.05, 0.1) is 0 Å². The van der Waals surface area contributed by atoms with E-state index in [9.17, 15) is 14.4 Å². The van der Waals surface area contributed by atoms with Crippen molar-refractivity contribution in [3.05, 3.63) is 65.2 Å². The van der Waals surface area contributed by atoms with Crippen LogP contribution in [0.25, 0.3) is 0 Å². The first kappa shape index (κ1) is 21.6. The first-order valence-corrected chi connectivity index (χ1v) is 10.4. The van der Waals surface area contributed by atoms with Crippen molar-refractivity contribution in [2.45, 2.75) is 46.2 Å².